The molecule has 5 nitrogen and oxygen atoms in total. The first-order valence-electron chi connectivity index (χ1n) is 5.91. The number of pyridine rings is 1. The number of benzene rings is 1. The van der Waals surface area contributed by atoms with E-state index in [4.69, 9.17) is 17.3 Å². The molecule has 3 rings (SSSR count). The van der Waals surface area contributed by atoms with Crippen LogP contribution in [-0.4, -0.2) is 20.2 Å². The zero-order valence-corrected chi connectivity index (χ0v) is 11.1. The van der Waals surface area contributed by atoms with Crippen LogP contribution in [0.15, 0.2) is 48.7 Å². The lowest BCUT2D eigenvalue weighted by Gasteiger charge is -2.08. The molecule has 0 radical (unpaired) electrons. The van der Waals surface area contributed by atoms with E-state index < -0.39 is 0 Å². The Kier molecular flexibility index (Phi) is 3.26. The molecule has 0 amide bonds. The third kappa shape index (κ3) is 2.44. The molecule has 98 valence electrons. The highest BCUT2D eigenvalue weighted by atomic mass is 35.5. The topological polar surface area (TPSA) is 77.6 Å². The van der Waals surface area contributed by atoms with Crippen molar-refractivity contribution in [1.82, 2.24) is 20.2 Å². The quantitative estimate of drug-likeness (QED) is 0.732. The van der Waals surface area contributed by atoms with Gasteiger partial charge in [0.05, 0.1) is 0 Å². The highest BCUT2D eigenvalue weighted by Gasteiger charge is 2.12. The summed E-state index contributed by atoms with van der Waals surface area (Å²) in [7, 11) is 0. The van der Waals surface area contributed by atoms with E-state index >= 15 is 0 Å². The molecule has 0 aliphatic rings. The van der Waals surface area contributed by atoms with Crippen molar-refractivity contribution in [2.24, 2.45) is 0 Å². The highest BCUT2D eigenvalue weighted by molar-refractivity contribution is 6.29. The molecule has 0 saturated heterocycles. The monoisotopic (exact) mass is 283 g/mol. The summed E-state index contributed by atoms with van der Waals surface area (Å²) < 4.78 is 0. The molecule has 6 heteroatoms. The molecule has 0 atom stereocenters. The summed E-state index contributed by atoms with van der Waals surface area (Å²) in [4.78, 5) is 8.25. The Bertz CT molecular complexity index is 746. The van der Waals surface area contributed by atoms with Crippen LogP contribution in [0.1, 0.15) is 0 Å². The van der Waals surface area contributed by atoms with Crippen molar-refractivity contribution in [2.75, 3.05) is 5.73 Å². The molecule has 0 aliphatic heterocycles. The summed E-state index contributed by atoms with van der Waals surface area (Å²) in [5, 5.41) is 8.36. The van der Waals surface area contributed by atoms with E-state index in [1.807, 2.05) is 30.3 Å². The summed E-state index contributed by atoms with van der Waals surface area (Å²) in [5.41, 5.74) is 8.65. The predicted octanol–water partition coefficient (Wildman–Crippen LogP) is 2.84. The molecule has 2 N–H and O–H groups in total. The Morgan fingerprint density at radius 3 is 2.45 bits per heavy atom. The molecule has 0 saturated carbocycles. The number of nitrogens with zero attached hydrogens (tertiary/aromatic N) is 4. The minimum absolute atomic E-state index is 0.132. The van der Waals surface area contributed by atoms with Crippen molar-refractivity contribution in [2.45, 2.75) is 0 Å². The molecular weight excluding hydrogens is 274 g/mol. The van der Waals surface area contributed by atoms with Gasteiger partial charge in [-0.25, -0.2) is 9.97 Å². The van der Waals surface area contributed by atoms with E-state index in [2.05, 4.69) is 20.2 Å². The van der Waals surface area contributed by atoms with E-state index in [1.54, 1.807) is 18.3 Å². The average molecular weight is 284 g/mol. The van der Waals surface area contributed by atoms with Crippen LogP contribution < -0.4 is 5.73 Å². The van der Waals surface area contributed by atoms with Gasteiger partial charge in [-0.2, -0.15) is 0 Å². The van der Waals surface area contributed by atoms with Crippen molar-refractivity contribution in [3.8, 4) is 22.5 Å². The Hall–Kier alpha value is -2.53. The summed E-state index contributed by atoms with van der Waals surface area (Å²) in [6.07, 6.45) is 1.62. The van der Waals surface area contributed by atoms with Crippen LogP contribution in [0, 0.1) is 0 Å². The SMILES string of the molecule is Nc1nnc(-c2ccnc(Cl)c2)c(-c2ccccc2)n1. The number of nitrogens with two attached hydrogens (primary N) is 1. The van der Waals surface area contributed by atoms with Gasteiger partial charge in [0.25, 0.3) is 0 Å². The molecule has 0 spiro atoms. The fourth-order valence-electron chi connectivity index (χ4n) is 1.88. The molecular formula is C14H10ClN5. The second kappa shape index (κ2) is 5.22. The highest BCUT2D eigenvalue weighted by Crippen LogP contribution is 2.29. The van der Waals surface area contributed by atoms with Crippen LogP contribution in [0.4, 0.5) is 5.95 Å². The first kappa shape index (κ1) is 12.5. The van der Waals surface area contributed by atoms with Crippen molar-refractivity contribution in [3.63, 3.8) is 0 Å². The normalized spacial score (nSPS) is 10.4. The lowest BCUT2D eigenvalue weighted by molar-refractivity contribution is 0.996. The Morgan fingerprint density at radius 2 is 1.70 bits per heavy atom. The minimum Gasteiger partial charge on any atom is -0.366 e. The van der Waals surface area contributed by atoms with Gasteiger partial charge in [0, 0.05) is 17.3 Å². The Balaban J connectivity index is 2.22. The summed E-state index contributed by atoms with van der Waals surface area (Å²) in [6.45, 7) is 0. The molecule has 3 aromatic rings. The van der Waals surface area contributed by atoms with Crippen molar-refractivity contribution < 1.29 is 0 Å². The number of anilines is 1. The molecule has 0 fully saturated rings. The van der Waals surface area contributed by atoms with Crippen molar-refractivity contribution in [1.29, 1.82) is 0 Å². The Labute approximate surface area is 120 Å². The summed E-state index contributed by atoms with van der Waals surface area (Å²) >= 11 is 5.92. The third-order valence-electron chi connectivity index (χ3n) is 2.75. The molecule has 0 unspecified atom stereocenters. The van der Waals surface area contributed by atoms with E-state index in [0.717, 1.165) is 11.1 Å². The molecule has 2 heterocycles. The van der Waals surface area contributed by atoms with Gasteiger partial charge >= 0.3 is 0 Å². The van der Waals surface area contributed by atoms with E-state index in [-0.39, 0.29) is 5.95 Å². The Morgan fingerprint density at radius 1 is 0.900 bits per heavy atom. The van der Waals surface area contributed by atoms with Crippen molar-refractivity contribution in [3.05, 3.63) is 53.8 Å². The van der Waals surface area contributed by atoms with Crippen LogP contribution in [0.2, 0.25) is 5.15 Å². The number of hydrogen-bond acceptors (Lipinski definition) is 5. The van der Waals surface area contributed by atoms with E-state index in [1.165, 1.54) is 0 Å². The molecule has 20 heavy (non-hydrogen) atoms. The fraction of sp³-hybridized carbons (Fsp3) is 0. The number of aromatic nitrogens is 4. The van der Waals surface area contributed by atoms with Gasteiger partial charge in [0.15, 0.2) is 0 Å². The maximum atomic E-state index is 5.92. The number of nitrogen functional groups attached to an aromatic ring is 1. The standard InChI is InChI=1S/C14H10ClN5/c15-11-8-10(6-7-17-11)13-12(18-14(16)20-19-13)9-4-2-1-3-5-9/h1-8H,(H2,16,18,20). The van der Waals surface area contributed by atoms with E-state index in [0.29, 0.717) is 16.5 Å². The predicted molar refractivity (Wildman–Crippen MR) is 77.9 cm³/mol. The van der Waals surface area contributed by atoms with Crippen LogP contribution in [0.25, 0.3) is 22.5 Å². The first-order chi connectivity index (χ1) is 9.74. The lowest BCUT2D eigenvalue weighted by Crippen LogP contribution is -2.02. The summed E-state index contributed by atoms with van der Waals surface area (Å²) in [6, 6.07) is 13.2. The fourth-order valence-corrected chi connectivity index (χ4v) is 2.05. The summed E-state index contributed by atoms with van der Waals surface area (Å²) in [5.74, 6) is 0.132. The van der Waals surface area contributed by atoms with Gasteiger partial charge in [-0.15, -0.1) is 10.2 Å². The van der Waals surface area contributed by atoms with E-state index in [9.17, 15) is 0 Å². The van der Waals surface area contributed by atoms with Gasteiger partial charge in [0.2, 0.25) is 5.95 Å². The van der Waals surface area contributed by atoms with Gasteiger partial charge in [0.1, 0.15) is 16.5 Å². The van der Waals surface area contributed by atoms with Crippen LogP contribution >= 0.6 is 11.6 Å². The number of rotatable bonds is 2. The lowest BCUT2D eigenvalue weighted by atomic mass is 10.1. The second-order valence-corrected chi connectivity index (χ2v) is 4.49. The molecule has 0 bridgehead atoms. The average Bonchev–Trinajstić information content (AvgIpc) is 2.48. The smallest absolute Gasteiger partial charge is 0.240 e. The molecule has 2 aromatic heterocycles. The van der Waals surface area contributed by atoms with Gasteiger partial charge in [-0.05, 0) is 12.1 Å². The van der Waals surface area contributed by atoms with Gasteiger partial charge in [-0.1, -0.05) is 41.9 Å². The van der Waals surface area contributed by atoms with Gasteiger partial charge in [-0.3, -0.25) is 0 Å². The number of halogens is 1. The molecule has 0 aliphatic carbocycles. The largest absolute Gasteiger partial charge is 0.366 e. The second-order valence-electron chi connectivity index (χ2n) is 4.10. The van der Waals surface area contributed by atoms with Crippen molar-refractivity contribution >= 4 is 17.5 Å². The van der Waals surface area contributed by atoms with Crippen LogP contribution in [-0.2, 0) is 0 Å². The third-order valence-corrected chi connectivity index (χ3v) is 2.96. The minimum atomic E-state index is 0.132. The maximum absolute atomic E-state index is 5.92. The molecule has 1 aromatic carbocycles. The van der Waals surface area contributed by atoms with Crippen LogP contribution in [0.3, 0.4) is 0 Å². The first-order valence-corrected chi connectivity index (χ1v) is 6.29. The van der Waals surface area contributed by atoms with Gasteiger partial charge < -0.3 is 5.73 Å². The van der Waals surface area contributed by atoms with Crippen LogP contribution in [0.5, 0.6) is 0 Å². The zero-order chi connectivity index (χ0) is 13.9. The number of hydrogen-bond donors (Lipinski definition) is 1. The zero-order valence-electron chi connectivity index (χ0n) is 10.4. The maximum Gasteiger partial charge on any atom is 0.240 e.